The van der Waals surface area contributed by atoms with Gasteiger partial charge in [0.2, 0.25) is 0 Å². The SMILES string of the molecule is CC(=O)c1cccc(C)c1-c1cccc(F)c1F. The average Bonchev–Trinajstić information content (AvgIpc) is 2.33. The van der Waals surface area contributed by atoms with Crippen molar-refractivity contribution in [3.63, 3.8) is 0 Å². The molecule has 2 aromatic carbocycles. The highest BCUT2D eigenvalue weighted by atomic mass is 19.2. The molecule has 92 valence electrons. The summed E-state index contributed by atoms with van der Waals surface area (Å²) in [7, 11) is 0. The second-order valence-corrected chi connectivity index (χ2v) is 4.16. The first-order valence-corrected chi connectivity index (χ1v) is 5.57. The van der Waals surface area contributed by atoms with Crippen LogP contribution in [-0.2, 0) is 0 Å². The number of ketones is 1. The molecular formula is C15H12F2O. The zero-order chi connectivity index (χ0) is 13.3. The van der Waals surface area contributed by atoms with Crippen molar-refractivity contribution in [3.05, 3.63) is 59.2 Å². The summed E-state index contributed by atoms with van der Waals surface area (Å²) in [5, 5.41) is 0. The smallest absolute Gasteiger partial charge is 0.166 e. The van der Waals surface area contributed by atoms with E-state index in [4.69, 9.17) is 0 Å². The number of hydrogen-bond acceptors (Lipinski definition) is 1. The molecule has 0 aliphatic rings. The molecule has 0 spiro atoms. The lowest BCUT2D eigenvalue weighted by atomic mass is 9.93. The van der Waals surface area contributed by atoms with Gasteiger partial charge in [-0.3, -0.25) is 4.79 Å². The Kier molecular flexibility index (Phi) is 3.24. The van der Waals surface area contributed by atoms with Crippen molar-refractivity contribution in [2.24, 2.45) is 0 Å². The van der Waals surface area contributed by atoms with E-state index in [0.717, 1.165) is 11.6 Å². The first-order chi connectivity index (χ1) is 8.52. The summed E-state index contributed by atoms with van der Waals surface area (Å²) < 4.78 is 27.1. The molecule has 18 heavy (non-hydrogen) atoms. The van der Waals surface area contributed by atoms with Gasteiger partial charge in [0.1, 0.15) is 0 Å². The molecule has 0 aliphatic carbocycles. The van der Waals surface area contributed by atoms with Crippen molar-refractivity contribution >= 4 is 5.78 Å². The van der Waals surface area contributed by atoms with Crippen LogP contribution in [0.1, 0.15) is 22.8 Å². The molecule has 0 radical (unpaired) electrons. The maximum atomic E-state index is 13.8. The van der Waals surface area contributed by atoms with Gasteiger partial charge in [0.15, 0.2) is 17.4 Å². The molecular weight excluding hydrogens is 234 g/mol. The molecule has 0 aromatic heterocycles. The van der Waals surface area contributed by atoms with E-state index >= 15 is 0 Å². The fraction of sp³-hybridized carbons (Fsp3) is 0.133. The van der Waals surface area contributed by atoms with E-state index in [2.05, 4.69) is 0 Å². The van der Waals surface area contributed by atoms with Gasteiger partial charge in [0.05, 0.1) is 0 Å². The van der Waals surface area contributed by atoms with Crippen LogP contribution >= 0.6 is 0 Å². The standard InChI is InChI=1S/C15H12F2O/c1-9-5-3-6-11(10(2)18)14(9)12-7-4-8-13(16)15(12)17/h3-8H,1-2H3. The third kappa shape index (κ3) is 2.04. The second kappa shape index (κ2) is 4.69. The third-order valence-electron chi connectivity index (χ3n) is 2.87. The van der Waals surface area contributed by atoms with Crippen molar-refractivity contribution in [2.75, 3.05) is 0 Å². The molecule has 0 bridgehead atoms. The predicted molar refractivity (Wildman–Crippen MR) is 66.5 cm³/mol. The van der Waals surface area contributed by atoms with Crippen molar-refractivity contribution in [3.8, 4) is 11.1 Å². The Labute approximate surface area is 104 Å². The van der Waals surface area contributed by atoms with Crippen LogP contribution in [0.4, 0.5) is 8.78 Å². The lowest BCUT2D eigenvalue weighted by molar-refractivity contribution is 0.101. The van der Waals surface area contributed by atoms with Gasteiger partial charge in [0, 0.05) is 11.1 Å². The van der Waals surface area contributed by atoms with Crippen LogP contribution in [0.2, 0.25) is 0 Å². The van der Waals surface area contributed by atoms with Gasteiger partial charge >= 0.3 is 0 Å². The lowest BCUT2D eigenvalue weighted by Crippen LogP contribution is -2.00. The third-order valence-corrected chi connectivity index (χ3v) is 2.87. The molecule has 0 fully saturated rings. The van der Waals surface area contributed by atoms with Crippen LogP contribution < -0.4 is 0 Å². The van der Waals surface area contributed by atoms with Gasteiger partial charge < -0.3 is 0 Å². The summed E-state index contributed by atoms with van der Waals surface area (Å²) in [4.78, 5) is 11.6. The number of carbonyl (C=O) groups is 1. The number of hydrogen-bond donors (Lipinski definition) is 0. The molecule has 2 rings (SSSR count). The Morgan fingerprint density at radius 2 is 1.72 bits per heavy atom. The minimum atomic E-state index is -0.922. The zero-order valence-electron chi connectivity index (χ0n) is 10.1. The molecule has 0 amide bonds. The number of benzene rings is 2. The maximum absolute atomic E-state index is 13.8. The van der Waals surface area contributed by atoms with Crippen LogP contribution in [0.3, 0.4) is 0 Å². The molecule has 0 saturated carbocycles. The van der Waals surface area contributed by atoms with E-state index in [1.807, 2.05) is 0 Å². The largest absolute Gasteiger partial charge is 0.294 e. The average molecular weight is 246 g/mol. The summed E-state index contributed by atoms with van der Waals surface area (Å²) in [5.41, 5.74) is 1.73. The molecule has 0 N–H and O–H groups in total. The second-order valence-electron chi connectivity index (χ2n) is 4.16. The predicted octanol–water partition coefficient (Wildman–Crippen LogP) is 4.14. The van der Waals surface area contributed by atoms with Crippen LogP contribution in [0, 0.1) is 18.6 Å². The van der Waals surface area contributed by atoms with Crippen LogP contribution in [-0.4, -0.2) is 5.78 Å². The van der Waals surface area contributed by atoms with Gasteiger partial charge in [-0.15, -0.1) is 0 Å². The van der Waals surface area contributed by atoms with E-state index in [1.54, 1.807) is 25.1 Å². The highest BCUT2D eigenvalue weighted by molar-refractivity contribution is 6.01. The Balaban J connectivity index is 2.78. The molecule has 0 unspecified atom stereocenters. The number of rotatable bonds is 2. The van der Waals surface area contributed by atoms with Crippen molar-refractivity contribution < 1.29 is 13.6 Å². The summed E-state index contributed by atoms with van der Waals surface area (Å²) in [6.45, 7) is 3.18. The number of Topliss-reactive ketones (excluding diaryl/α,β-unsaturated/α-hetero) is 1. The molecule has 0 saturated heterocycles. The van der Waals surface area contributed by atoms with Crippen molar-refractivity contribution in [2.45, 2.75) is 13.8 Å². The van der Waals surface area contributed by atoms with E-state index in [-0.39, 0.29) is 11.3 Å². The fourth-order valence-corrected chi connectivity index (χ4v) is 2.02. The van der Waals surface area contributed by atoms with Crippen LogP contribution in [0.25, 0.3) is 11.1 Å². The summed E-state index contributed by atoms with van der Waals surface area (Å²) in [6, 6.07) is 9.09. The summed E-state index contributed by atoms with van der Waals surface area (Å²) >= 11 is 0. The lowest BCUT2D eigenvalue weighted by Gasteiger charge is -2.12. The van der Waals surface area contributed by atoms with E-state index in [0.29, 0.717) is 11.1 Å². The monoisotopic (exact) mass is 246 g/mol. The van der Waals surface area contributed by atoms with Gasteiger partial charge in [0.25, 0.3) is 0 Å². The van der Waals surface area contributed by atoms with Crippen LogP contribution in [0.5, 0.6) is 0 Å². The number of halogens is 2. The topological polar surface area (TPSA) is 17.1 Å². The Morgan fingerprint density at radius 1 is 1.06 bits per heavy atom. The first kappa shape index (κ1) is 12.4. The maximum Gasteiger partial charge on any atom is 0.166 e. The fourth-order valence-electron chi connectivity index (χ4n) is 2.02. The van der Waals surface area contributed by atoms with Crippen molar-refractivity contribution in [1.82, 2.24) is 0 Å². The molecule has 0 aliphatic heterocycles. The quantitative estimate of drug-likeness (QED) is 0.728. The Morgan fingerprint density at radius 3 is 2.39 bits per heavy atom. The van der Waals surface area contributed by atoms with E-state index < -0.39 is 11.6 Å². The first-order valence-electron chi connectivity index (χ1n) is 5.57. The molecule has 2 aromatic rings. The summed E-state index contributed by atoms with van der Waals surface area (Å²) in [5.74, 6) is -2.00. The zero-order valence-corrected chi connectivity index (χ0v) is 10.1. The molecule has 0 heterocycles. The van der Waals surface area contributed by atoms with Gasteiger partial charge in [-0.2, -0.15) is 0 Å². The Hall–Kier alpha value is -2.03. The summed E-state index contributed by atoms with van der Waals surface area (Å²) in [6.07, 6.45) is 0. The van der Waals surface area contributed by atoms with Gasteiger partial charge in [-0.25, -0.2) is 8.78 Å². The molecule has 0 atom stereocenters. The minimum Gasteiger partial charge on any atom is -0.294 e. The number of aryl methyl sites for hydroxylation is 1. The highest BCUT2D eigenvalue weighted by Crippen LogP contribution is 2.30. The number of carbonyl (C=O) groups excluding carboxylic acids is 1. The van der Waals surface area contributed by atoms with Crippen molar-refractivity contribution in [1.29, 1.82) is 0 Å². The highest BCUT2D eigenvalue weighted by Gasteiger charge is 2.16. The van der Waals surface area contributed by atoms with E-state index in [1.165, 1.54) is 19.1 Å². The Bertz CT molecular complexity index is 618. The van der Waals surface area contributed by atoms with Crippen LogP contribution in [0.15, 0.2) is 36.4 Å². The van der Waals surface area contributed by atoms with Gasteiger partial charge in [-0.1, -0.05) is 30.3 Å². The minimum absolute atomic E-state index is 0.123. The normalized spacial score (nSPS) is 10.4. The van der Waals surface area contributed by atoms with E-state index in [9.17, 15) is 13.6 Å². The van der Waals surface area contributed by atoms with Gasteiger partial charge in [-0.05, 0) is 31.0 Å². The molecule has 3 heteroatoms. The molecule has 1 nitrogen and oxygen atoms in total.